The van der Waals surface area contributed by atoms with Crippen LogP contribution < -0.4 is 10.6 Å². The average molecular weight is 451 g/mol. The van der Waals surface area contributed by atoms with E-state index in [2.05, 4.69) is 15.6 Å². The van der Waals surface area contributed by atoms with Crippen LogP contribution in [0.4, 0.5) is 5.69 Å². The molecule has 10 heteroatoms. The van der Waals surface area contributed by atoms with Crippen molar-refractivity contribution in [1.29, 1.82) is 0 Å². The molecule has 1 aromatic carbocycles. The van der Waals surface area contributed by atoms with E-state index in [1.807, 2.05) is 17.9 Å². The monoisotopic (exact) mass is 450 g/mol. The number of anilines is 1. The van der Waals surface area contributed by atoms with E-state index in [1.165, 1.54) is 11.8 Å². The van der Waals surface area contributed by atoms with Gasteiger partial charge in [-0.15, -0.1) is 0 Å². The summed E-state index contributed by atoms with van der Waals surface area (Å²) >= 11 is 1.46. The summed E-state index contributed by atoms with van der Waals surface area (Å²) in [7, 11) is -2.98. The zero-order valence-electron chi connectivity index (χ0n) is 16.9. The summed E-state index contributed by atoms with van der Waals surface area (Å²) in [5.74, 6) is 0.321. The summed E-state index contributed by atoms with van der Waals surface area (Å²) in [6, 6.07) is 5.27. The Labute approximate surface area is 180 Å². The van der Waals surface area contributed by atoms with Gasteiger partial charge in [0.2, 0.25) is 5.91 Å². The van der Waals surface area contributed by atoms with Gasteiger partial charge in [0.05, 0.1) is 17.5 Å². The van der Waals surface area contributed by atoms with Gasteiger partial charge in [0, 0.05) is 42.6 Å². The van der Waals surface area contributed by atoms with E-state index in [0.717, 1.165) is 30.6 Å². The Morgan fingerprint density at radius 2 is 2.17 bits per heavy atom. The highest BCUT2D eigenvalue weighted by molar-refractivity contribution is 8.15. The predicted molar refractivity (Wildman–Crippen MR) is 119 cm³/mol. The summed E-state index contributed by atoms with van der Waals surface area (Å²) in [5.41, 5.74) is 2.32. The number of hydrogen-bond acceptors (Lipinski definition) is 7. The number of benzene rings is 1. The fourth-order valence-corrected chi connectivity index (χ4v) is 7.61. The van der Waals surface area contributed by atoms with E-state index in [1.54, 1.807) is 12.1 Å². The molecule has 3 aliphatic rings. The van der Waals surface area contributed by atoms with E-state index in [0.29, 0.717) is 30.2 Å². The van der Waals surface area contributed by atoms with Crippen molar-refractivity contribution in [2.45, 2.75) is 37.5 Å². The van der Waals surface area contributed by atoms with Gasteiger partial charge in [-0.3, -0.25) is 14.6 Å². The quantitative estimate of drug-likeness (QED) is 0.635. The SMILES string of the molecule is Cc1ccc(C(=O)NCCCN2CCCC2=O)cc1NC1=NC2CS(=O)(=O)CC2S1. The zero-order chi connectivity index (χ0) is 21.3. The first-order chi connectivity index (χ1) is 14.3. The van der Waals surface area contributed by atoms with E-state index in [9.17, 15) is 18.0 Å². The number of carbonyl (C=O) groups excluding carboxylic acids is 2. The Hall–Kier alpha value is -2.07. The molecule has 162 valence electrons. The minimum atomic E-state index is -2.98. The molecule has 0 spiro atoms. The number of sulfone groups is 1. The van der Waals surface area contributed by atoms with Gasteiger partial charge in [0.25, 0.3) is 5.91 Å². The number of hydrogen-bond donors (Lipinski definition) is 2. The smallest absolute Gasteiger partial charge is 0.251 e. The maximum atomic E-state index is 12.5. The molecule has 0 radical (unpaired) electrons. The van der Waals surface area contributed by atoms with E-state index in [-0.39, 0.29) is 34.6 Å². The van der Waals surface area contributed by atoms with E-state index < -0.39 is 9.84 Å². The number of carbonyl (C=O) groups is 2. The Bertz CT molecular complexity index is 993. The minimum absolute atomic E-state index is 0.0215. The standard InChI is InChI=1S/C20H26N4O4S2/c1-13-5-6-14(19(26)21-7-3-9-24-8-2-4-18(24)25)10-15(13)22-20-23-16-11-30(27,28)12-17(16)29-20/h5-6,10,16-17H,2-4,7-9,11-12H2,1H3,(H,21,26)(H,22,23). The fraction of sp³-hybridized carbons (Fsp3) is 0.550. The number of amidine groups is 1. The summed E-state index contributed by atoms with van der Waals surface area (Å²) in [4.78, 5) is 30.5. The van der Waals surface area contributed by atoms with Gasteiger partial charge in [-0.05, 0) is 37.5 Å². The molecular formula is C20H26N4O4S2. The van der Waals surface area contributed by atoms with Gasteiger partial charge >= 0.3 is 0 Å². The first-order valence-electron chi connectivity index (χ1n) is 10.2. The minimum Gasteiger partial charge on any atom is -0.352 e. The number of aliphatic imine (C=N–C) groups is 1. The summed E-state index contributed by atoms with van der Waals surface area (Å²) in [6.45, 7) is 3.95. The number of nitrogens with one attached hydrogen (secondary N) is 2. The van der Waals surface area contributed by atoms with Crippen LogP contribution in [0.2, 0.25) is 0 Å². The molecular weight excluding hydrogens is 424 g/mol. The van der Waals surface area contributed by atoms with Crippen molar-refractivity contribution >= 4 is 44.3 Å². The molecule has 8 nitrogen and oxygen atoms in total. The van der Waals surface area contributed by atoms with E-state index >= 15 is 0 Å². The lowest BCUT2D eigenvalue weighted by molar-refractivity contribution is -0.127. The summed E-state index contributed by atoms with van der Waals surface area (Å²) < 4.78 is 23.4. The molecule has 2 unspecified atom stereocenters. The molecule has 30 heavy (non-hydrogen) atoms. The topological polar surface area (TPSA) is 108 Å². The number of amides is 2. The van der Waals surface area contributed by atoms with Crippen LogP contribution in [0, 0.1) is 6.92 Å². The van der Waals surface area contributed by atoms with Crippen LogP contribution in [0.3, 0.4) is 0 Å². The Kier molecular flexibility index (Phi) is 6.06. The molecule has 0 saturated carbocycles. The van der Waals surface area contributed by atoms with Crippen LogP contribution in [-0.2, 0) is 14.6 Å². The van der Waals surface area contributed by atoms with Crippen LogP contribution in [0.5, 0.6) is 0 Å². The second-order valence-electron chi connectivity index (χ2n) is 7.98. The van der Waals surface area contributed by atoms with Crippen molar-refractivity contribution < 1.29 is 18.0 Å². The average Bonchev–Trinajstić information content (AvgIpc) is 3.32. The predicted octanol–water partition coefficient (Wildman–Crippen LogP) is 1.42. The third-order valence-electron chi connectivity index (χ3n) is 5.62. The maximum Gasteiger partial charge on any atom is 0.251 e. The molecule has 2 saturated heterocycles. The number of thioether (sulfide) groups is 1. The first-order valence-corrected chi connectivity index (χ1v) is 12.9. The second-order valence-corrected chi connectivity index (χ2v) is 11.4. The molecule has 3 heterocycles. The van der Waals surface area contributed by atoms with Gasteiger partial charge in [0.15, 0.2) is 15.0 Å². The lowest BCUT2D eigenvalue weighted by Gasteiger charge is -2.15. The molecule has 1 aromatic rings. The normalized spacial score (nSPS) is 24.6. The van der Waals surface area contributed by atoms with Gasteiger partial charge in [-0.25, -0.2) is 8.42 Å². The molecule has 4 rings (SSSR count). The van der Waals surface area contributed by atoms with Crippen molar-refractivity contribution in [2.24, 2.45) is 4.99 Å². The number of nitrogens with zero attached hydrogens (tertiary/aromatic N) is 2. The number of aryl methyl sites for hydroxylation is 1. The van der Waals surface area contributed by atoms with Gasteiger partial charge in [-0.1, -0.05) is 17.8 Å². The molecule has 2 N–H and O–H groups in total. The molecule has 3 aliphatic heterocycles. The Balaban J connectivity index is 1.32. The van der Waals surface area contributed by atoms with Crippen LogP contribution >= 0.6 is 11.8 Å². The third-order valence-corrected chi connectivity index (χ3v) is 8.76. The number of likely N-dealkylation sites (tertiary alicyclic amines) is 1. The maximum absolute atomic E-state index is 12.5. The zero-order valence-corrected chi connectivity index (χ0v) is 18.5. The molecule has 2 amide bonds. The lowest BCUT2D eigenvalue weighted by Crippen LogP contribution is -2.30. The van der Waals surface area contributed by atoms with Gasteiger partial charge in [0.1, 0.15) is 0 Å². The highest BCUT2D eigenvalue weighted by Crippen LogP contribution is 2.35. The number of rotatable bonds is 6. The molecule has 2 atom stereocenters. The Morgan fingerprint density at radius 3 is 2.90 bits per heavy atom. The Morgan fingerprint density at radius 1 is 1.33 bits per heavy atom. The van der Waals surface area contributed by atoms with Crippen molar-refractivity contribution in [2.75, 3.05) is 36.5 Å². The number of fused-ring (bicyclic) bond motifs is 1. The van der Waals surface area contributed by atoms with Gasteiger partial charge in [-0.2, -0.15) is 0 Å². The second kappa shape index (κ2) is 8.58. The highest BCUT2D eigenvalue weighted by Gasteiger charge is 2.42. The van der Waals surface area contributed by atoms with Crippen LogP contribution in [0.25, 0.3) is 0 Å². The van der Waals surface area contributed by atoms with Gasteiger partial charge < -0.3 is 15.5 Å². The molecule has 0 aliphatic carbocycles. The highest BCUT2D eigenvalue weighted by atomic mass is 32.2. The lowest BCUT2D eigenvalue weighted by atomic mass is 10.1. The molecule has 0 aromatic heterocycles. The van der Waals surface area contributed by atoms with Crippen LogP contribution in [0.15, 0.2) is 23.2 Å². The van der Waals surface area contributed by atoms with Crippen molar-refractivity contribution in [3.8, 4) is 0 Å². The van der Waals surface area contributed by atoms with E-state index in [4.69, 9.17) is 0 Å². The first kappa shape index (κ1) is 21.2. The molecule has 2 fully saturated rings. The van der Waals surface area contributed by atoms with Crippen LogP contribution in [0.1, 0.15) is 35.2 Å². The largest absolute Gasteiger partial charge is 0.352 e. The molecule has 0 bridgehead atoms. The van der Waals surface area contributed by atoms with Crippen molar-refractivity contribution in [3.05, 3.63) is 29.3 Å². The third kappa shape index (κ3) is 4.80. The fourth-order valence-electron chi connectivity index (χ4n) is 3.94. The summed E-state index contributed by atoms with van der Waals surface area (Å²) in [6.07, 6.45) is 2.28. The van der Waals surface area contributed by atoms with Crippen LogP contribution in [-0.4, -0.2) is 72.7 Å². The van der Waals surface area contributed by atoms with Crippen molar-refractivity contribution in [1.82, 2.24) is 10.2 Å². The van der Waals surface area contributed by atoms with Crippen molar-refractivity contribution in [3.63, 3.8) is 0 Å². The summed E-state index contributed by atoms with van der Waals surface area (Å²) in [5, 5.41) is 6.86.